The Labute approximate surface area is 129 Å². The lowest BCUT2D eigenvalue weighted by atomic mass is 10.0. The van der Waals surface area contributed by atoms with Gasteiger partial charge in [0.05, 0.1) is 5.69 Å². The molecule has 1 saturated heterocycles. The predicted molar refractivity (Wildman–Crippen MR) is 87.2 cm³/mol. The number of benzene rings is 1. The van der Waals surface area contributed by atoms with E-state index in [2.05, 4.69) is 46.1 Å². The van der Waals surface area contributed by atoms with E-state index in [-0.39, 0.29) is 0 Å². The van der Waals surface area contributed by atoms with E-state index in [0.717, 1.165) is 35.0 Å². The quantitative estimate of drug-likeness (QED) is 0.878. The number of anilines is 1. The number of rotatable bonds is 3. The van der Waals surface area contributed by atoms with Gasteiger partial charge in [0.15, 0.2) is 0 Å². The van der Waals surface area contributed by atoms with Gasteiger partial charge in [-0.1, -0.05) is 25.4 Å². The highest BCUT2D eigenvalue weighted by molar-refractivity contribution is 9.10. The lowest BCUT2D eigenvalue weighted by Crippen LogP contribution is -2.38. The van der Waals surface area contributed by atoms with Gasteiger partial charge in [0.1, 0.15) is 0 Å². The van der Waals surface area contributed by atoms with Crippen LogP contribution < -0.4 is 10.2 Å². The fourth-order valence-electron chi connectivity index (χ4n) is 2.67. The molecular weight excluding hydrogens is 324 g/mol. The summed E-state index contributed by atoms with van der Waals surface area (Å²) in [6, 6.07) is 6.58. The van der Waals surface area contributed by atoms with Crippen molar-refractivity contribution in [1.29, 1.82) is 0 Å². The SMILES string of the molecule is CC(C)CC1CN(c2cc(Cl)ccc2Br)CCCN1. The number of hydrogen-bond donors (Lipinski definition) is 1. The van der Waals surface area contributed by atoms with E-state index in [1.807, 2.05) is 12.1 Å². The Hall–Kier alpha value is -0.250. The molecule has 1 aliphatic heterocycles. The molecule has 0 bridgehead atoms. The Morgan fingerprint density at radius 3 is 3.00 bits per heavy atom. The van der Waals surface area contributed by atoms with E-state index in [1.54, 1.807) is 0 Å². The van der Waals surface area contributed by atoms with E-state index in [4.69, 9.17) is 11.6 Å². The monoisotopic (exact) mass is 344 g/mol. The van der Waals surface area contributed by atoms with E-state index in [1.165, 1.54) is 18.5 Å². The van der Waals surface area contributed by atoms with Crippen LogP contribution in [0.5, 0.6) is 0 Å². The zero-order valence-electron chi connectivity index (χ0n) is 11.6. The Morgan fingerprint density at radius 2 is 2.26 bits per heavy atom. The number of hydrogen-bond acceptors (Lipinski definition) is 2. The first-order chi connectivity index (χ1) is 9.06. The summed E-state index contributed by atoms with van der Waals surface area (Å²) in [5.41, 5.74) is 1.21. The maximum absolute atomic E-state index is 6.13. The van der Waals surface area contributed by atoms with Crippen LogP contribution >= 0.6 is 27.5 Å². The van der Waals surface area contributed by atoms with Crippen molar-refractivity contribution in [2.45, 2.75) is 32.7 Å². The second-order valence-corrected chi connectivity index (χ2v) is 6.97. The molecule has 1 fully saturated rings. The Kier molecular flexibility index (Phi) is 5.55. The van der Waals surface area contributed by atoms with Gasteiger partial charge >= 0.3 is 0 Å². The zero-order valence-corrected chi connectivity index (χ0v) is 14.0. The third-order valence-electron chi connectivity index (χ3n) is 3.48. The summed E-state index contributed by atoms with van der Waals surface area (Å²) in [4.78, 5) is 2.45. The Morgan fingerprint density at radius 1 is 1.47 bits per heavy atom. The third-order valence-corrected chi connectivity index (χ3v) is 4.39. The minimum atomic E-state index is 0.563. The molecule has 1 N–H and O–H groups in total. The van der Waals surface area contributed by atoms with Crippen molar-refractivity contribution in [3.8, 4) is 0 Å². The van der Waals surface area contributed by atoms with Gasteiger partial charge in [-0.05, 0) is 59.4 Å². The number of nitrogens with zero attached hydrogens (tertiary/aromatic N) is 1. The van der Waals surface area contributed by atoms with Crippen molar-refractivity contribution in [3.05, 3.63) is 27.7 Å². The van der Waals surface area contributed by atoms with E-state index in [9.17, 15) is 0 Å². The minimum absolute atomic E-state index is 0.563. The van der Waals surface area contributed by atoms with E-state index in [0.29, 0.717) is 6.04 Å². The minimum Gasteiger partial charge on any atom is -0.369 e. The van der Waals surface area contributed by atoms with Crippen LogP contribution in [0, 0.1) is 5.92 Å². The molecule has 106 valence electrons. The highest BCUT2D eigenvalue weighted by atomic mass is 79.9. The Bertz CT molecular complexity index is 423. The first kappa shape index (κ1) is 15.1. The molecule has 0 aliphatic carbocycles. The molecule has 0 saturated carbocycles. The summed E-state index contributed by atoms with van der Waals surface area (Å²) in [5.74, 6) is 0.722. The molecule has 1 heterocycles. The van der Waals surface area contributed by atoms with Crippen molar-refractivity contribution in [2.24, 2.45) is 5.92 Å². The smallest absolute Gasteiger partial charge is 0.0526 e. The molecule has 0 spiro atoms. The first-order valence-corrected chi connectivity index (χ1v) is 8.16. The van der Waals surface area contributed by atoms with Crippen LogP contribution in [0.3, 0.4) is 0 Å². The largest absolute Gasteiger partial charge is 0.369 e. The molecule has 1 aliphatic rings. The van der Waals surface area contributed by atoms with Crippen LogP contribution in [-0.2, 0) is 0 Å². The highest BCUT2D eigenvalue weighted by Gasteiger charge is 2.20. The maximum Gasteiger partial charge on any atom is 0.0526 e. The lowest BCUT2D eigenvalue weighted by molar-refractivity contribution is 0.436. The summed E-state index contributed by atoms with van der Waals surface area (Å²) in [6.07, 6.45) is 2.39. The summed E-state index contributed by atoms with van der Waals surface area (Å²) < 4.78 is 1.13. The second-order valence-electron chi connectivity index (χ2n) is 5.68. The molecule has 0 amide bonds. The fourth-order valence-corrected chi connectivity index (χ4v) is 3.34. The van der Waals surface area contributed by atoms with Crippen molar-refractivity contribution in [1.82, 2.24) is 5.32 Å². The fraction of sp³-hybridized carbons (Fsp3) is 0.600. The average molecular weight is 346 g/mol. The van der Waals surface area contributed by atoms with Crippen LogP contribution in [0.2, 0.25) is 5.02 Å². The van der Waals surface area contributed by atoms with Crippen LogP contribution in [0.4, 0.5) is 5.69 Å². The normalized spacial score (nSPS) is 20.7. The molecular formula is C15H22BrClN2. The van der Waals surface area contributed by atoms with Gasteiger partial charge < -0.3 is 10.2 Å². The zero-order chi connectivity index (χ0) is 13.8. The summed E-state index contributed by atoms with van der Waals surface area (Å²) in [5, 5.41) is 4.46. The van der Waals surface area contributed by atoms with Crippen LogP contribution in [-0.4, -0.2) is 25.7 Å². The molecule has 1 atom stereocenters. The molecule has 19 heavy (non-hydrogen) atoms. The Balaban J connectivity index is 2.15. The molecule has 1 aromatic rings. The number of nitrogens with one attached hydrogen (secondary N) is 1. The van der Waals surface area contributed by atoms with Crippen LogP contribution in [0.15, 0.2) is 22.7 Å². The van der Waals surface area contributed by atoms with Crippen molar-refractivity contribution >= 4 is 33.2 Å². The average Bonchev–Trinajstić information content (AvgIpc) is 2.57. The topological polar surface area (TPSA) is 15.3 Å². The van der Waals surface area contributed by atoms with Gasteiger partial charge in [-0.15, -0.1) is 0 Å². The lowest BCUT2D eigenvalue weighted by Gasteiger charge is -2.28. The van der Waals surface area contributed by atoms with Gasteiger partial charge in [-0.3, -0.25) is 0 Å². The molecule has 2 nitrogen and oxygen atoms in total. The van der Waals surface area contributed by atoms with Crippen molar-refractivity contribution < 1.29 is 0 Å². The van der Waals surface area contributed by atoms with Crippen molar-refractivity contribution in [2.75, 3.05) is 24.5 Å². The standard InChI is InChI=1S/C15H22BrClN2/c1-11(2)8-13-10-19(7-3-6-18-13)15-9-12(17)4-5-14(15)16/h4-5,9,11,13,18H,3,6-8,10H2,1-2H3. The highest BCUT2D eigenvalue weighted by Crippen LogP contribution is 2.30. The summed E-state index contributed by atoms with van der Waals surface area (Å²) in [6.45, 7) is 7.81. The van der Waals surface area contributed by atoms with Crippen LogP contribution in [0.25, 0.3) is 0 Å². The van der Waals surface area contributed by atoms with E-state index < -0.39 is 0 Å². The molecule has 0 radical (unpaired) electrons. The number of halogens is 2. The van der Waals surface area contributed by atoms with Crippen molar-refractivity contribution in [3.63, 3.8) is 0 Å². The van der Waals surface area contributed by atoms with Gasteiger partial charge in [-0.25, -0.2) is 0 Å². The van der Waals surface area contributed by atoms with E-state index >= 15 is 0 Å². The maximum atomic E-state index is 6.13. The van der Waals surface area contributed by atoms with Gasteiger partial charge in [-0.2, -0.15) is 0 Å². The molecule has 0 aromatic heterocycles. The third kappa shape index (κ3) is 4.37. The molecule has 1 aromatic carbocycles. The van der Waals surface area contributed by atoms with Gasteiger partial charge in [0, 0.05) is 28.6 Å². The first-order valence-electron chi connectivity index (χ1n) is 6.99. The molecule has 4 heteroatoms. The summed E-state index contributed by atoms with van der Waals surface area (Å²) >= 11 is 9.78. The molecule has 1 unspecified atom stereocenters. The van der Waals surface area contributed by atoms with Crippen LogP contribution in [0.1, 0.15) is 26.7 Å². The van der Waals surface area contributed by atoms with Gasteiger partial charge in [0.25, 0.3) is 0 Å². The predicted octanol–water partition coefficient (Wildman–Crippen LogP) is 4.32. The van der Waals surface area contributed by atoms with Gasteiger partial charge in [0.2, 0.25) is 0 Å². The summed E-state index contributed by atoms with van der Waals surface area (Å²) in [7, 11) is 0. The molecule has 2 rings (SSSR count). The second kappa shape index (κ2) is 6.96.